The van der Waals surface area contributed by atoms with Gasteiger partial charge < -0.3 is 5.73 Å². The molecule has 0 aliphatic carbocycles. The summed E-state index contributed by atoms with van der Waals surface area (Å²) < 4.78 is 0.850. The lowest BCUT2D eigenvalue weighted by Crippen LogP contribution is -1.97. The van der Waals surface area contributed by atoms with Gasteiger partial charge in [0.2, 0.25) is 5.95 Å². The number of aromatic nitrogens is 4. The monoisotopic (exact) mass is 225 g/mol. The molecule has 72 valence electrons. The number of anilines is 1. The molecule has 0 bridgehead atoms. The summed E-state index contributed by atoms with van der Waals surface area (Å²) in [5.74, 6) is 0.289. The Kier molecular flexibility index (Phi) is 2.60. The average molecular weight is 225 g/mol. The summed E-state index contributed by atoms with van der Waals surface area (Å²) >= 11 is 2.91. The van der Waals surface area contributed by atoms with Gasteiger partial charge in [-0.05, 0) is 24.8 Å². The highest BCUT2D eigenvalue weighted by molar-refractivity contribution is 8.00. The van der Waals surface area contributed by atoms with Crippen LogP contribution in [0.1, 0.15) is 5.69 Å². The fourth-order valence-corrected chi connectivity index (χ4v) is 2.40. The quantitative estimate of drug-likeness (QED) is 0.778. The molecule has 0 radical (unpaired) electrons. The van der Waals surface area contributed by atoms with Crippen LogP contribution in [0.2, 0.25) is 0 Å². The van der Waals surface area contributed by atoms with Crippen molar-refractivity contribution in [3.05, 3.63) is 17.3 Å². The van der Waals surface area contributed by atoms with E-state index in [1.807, 2.05) is 13.0 Å². The predicted molar refractivity (Wildman–Crippen MR) is 55.2 cm³/mol. The minimum atomic E-state index is 0.289. The topological polar surface area (TPSA) is 77.6 Å². The Balaban J connectivity index is 2.25. The first kappa shape index (κ1) is 9.35. The van der Waals surface area contributed by atoms with Gasteiger partial charge in [-0.25, -0.2) is 9.97 Å². The summed E-state index contributed by atoms with van der Waals surface area (Å²) in [6.45, 7) is 1.88. The molecule has 0 saturated heterocycles. The van der Waals surface area contributed by atoms with Gasteiger partial charge in [-0.1, -0.05) is 11.3 Å². The lowest BCUT2D eigenvalue weighted by molar-refractivity contribution is 0.994. The Bertz CT molecular complexity index is 407. The Labute approximate surface area is 88.8 Å². The van der Waals surface area contributed by atoms with Crippen LogP contribution in [0.4, 0.5) is 5.95 Å². The molecule has 2 rings (SSSR count). The maximum atomic E-state index is 5.52. The van der Waals surface area contributed by atoms with E-state index in [1.165, 1.54) is 23.1 Å². The largest absolute Gasteiger partial charge is 0.368 e. The van der Waals surface area contributed by atoms with E-state index in [0.29, 0.717) is 0 Å². The van der Waals surface area contributed by atoms with E-state index >= 15 is 0 Å². The molecule has 0 saturated carbocycles. The van der Waals surface area contributed by atoms with Crippen molar-refractivity contribution in [1.82, 2.24) is 20.2 Å². The molecule has 5 nitrogen and oxygen atoms in total. The van der Waals surface area contributed by atoms with E-state index in [4.69, 9.17) is 5.73 Å². The van der Waals surface area contributed by atoms with Gasteiger partial charge in [0.05, 0.1) is 0 Å². The number of nitrogen functional groups attached to an aromatic ring is 1. The van der Waals surface area contributed by atoms with Crippen LogP contribution >= 0.6 is 23.1 Å². The van der Waals surface area contributed by atoms with Crippen LogP contribution in [0.25, 0.3) is 0 Å². The molecule has 2 heterocycles. The summed E-state index contributed by atoms with van der Waals surface area (Å²) in [7, 11) is 0. The molecule has 0 amide bonds. The van der Waals surface area contributed by atoms with Gasteiger partial charge in [-0.3, -0.25) is 0 Å². The van der Waals surface area contributed by atoms with Crippen LogP contribution < -0.4 is 5.73 Å². The van der Waals surface area contributed by atoms with Gasteiger partial charge in [-0.15, -0.1) is 10.2 Å². The Hall–Kier alpha value is -1.21. The third-order valence-electron chi connectivity index (χ3n) is 1.38. The molecule has 0 fully saturated rings. The first-order valence-electron chi connectivity index (χ1n) is 3.79. The number of hydrogen-bond donors (Lipinski definition) is 1. The molecule has 2 N–H and O–H groups in total. The zero-order valence-corrected chi connectivity index (χ0v) is 8.97. The second-order valence-electron chi connectivity index (χ2n) is 2.51. The van der Waals surface area contributed by atoms with E-state index in [-0.39, 0.29) is 5.95 Å². The SMILES string of the molecule is Cc1cc(Sc2nncs2)nc(N)n1. The molecule has 2 aromatic rings. The van der Waals surface area contributed by atoms with Crippen molar-refractivity contribution in [1.29, 1.82) is 0 Å². The lowest BCUT2D eigenvalue weighted by atomic mass is 10.5. The van der Waals surface area contributed by atoms with Gasteiger partial charge in [0, 0.05) is 5.69 Å². The number of hydrogen-bond acceptors (Lipinski definition) is 7. The molecule has 0 aliphatic rings. The number of nitrogens with zero attached hydrogens (tertiary/aromatic N) is 4. The van der Waals surface area contributed by atoms with Crippen LogP contribution in [-0.2, 0) is 0 Å². The zero-order chi connectivity index (χ0) is 9.97. The van der Waals surface area contributed by atoms with E-state index in [2.05, 4.69) is 20.2 Å². The average Bonchev–Trinajstić information content (AvgIpc) is 2.54. The van der Waals surface area contributed by atoms with Crippen molar-refractivity contribution in [2.75, 3.05) is 5.73 Å². The normalized spacial score (nSPS) is 10.4. The maximum absolute atomic E-state index is 5.52. The van der Waals surface area contributed by atoms with Gasteiger partial charge in [-0.2, -0.15) is 0 Å². The van der Waals surface area contributed by atoms with Gasteiger partial charge in [0.15, 0.2) is 4.34 Å². The summed E-state index contributed by atoms with van der Waals surface area (Å²) in [6.07, 6.45) is 0. The second-order valence-corrected chi connectivity index (χ2v) is 4.61. The van der Waals surface area contributed by atoms with Crippen LogP contribution in [0.15, 0.2) is 20.9 Å². The highest BCUT2D eigenvalue weighted by Crippen LogP contribution is 2.27. The highest BCUT2D eigenvalue weighted by Gasteiger charge is 2.04. The third-order valence-corrected chi connectivity index (χ3v) is 3.08. The molecular weight excluding hydrogens is 218 g/mol. The standard InChI is InChI=1S/C7H7N5S2/c1-4-2-5(11-6(8)10-4)14-7-12-9-3-13-7/h2-3H,1H3,(H2,8,10,11). The Morgan fingerprint density at radius 2 is 2.29 bits per heavy atom. The first-order chi connectivity index (χ1) is 6.74. The second kappa shape index (κ2) is 3.89. The lowest BCUT2D eigenvalue weighted by Gasteiger charge is -1.99. The fourth-order valence-electron chi connectivity index (χ4n) is 0.911. The van der Waals surface area contributed by atoms with Crippen molar-refractivity contribution >= 4 is 29.0 Å². The summed E-state index contributed by atoms with van der Waals surface area (Å²) in [5, 5.41) is 8.44. The van der Waals surface area contributed by atoms with Crippen LogP contribution in [0, 0.1) is 6.92 Å². The molecular formula is C7H7N5S2. The summed E-state index contributed by atoms with van der Waals surface area (Å²) in [6, 6.07) is 1.86. The van der Waals surface area contributed by atoms with Crippen molar-refractivity contribution < 1.29 is 0 Å². The van der Waals surface area contributed by atoms with E-state index in [1.54, 1.807) is 5.51 Å². The minimum Gasteiger partial charge on any atom is -0.368 e. The molecule has 7 heteroatoms. The highest BCUT2D eigenvalue weighted by atomic mass is 32.2. The number of nitrogens with two attached hydrogens (primary N) is 1. The van der Waals surface area contributed by atoms with E-state index < -0.39 is 0 Å². The van der Waals surface area contributed by atoms with E-state index in [0.717, 1.165) is 15.1 Å². The van der Waals surface area contributed by atoms with Crippen LogP contribution in [-0.4, -0.2) is 20.2 Å². The molecule has 0 unspecified atom stereocenters. The molecule has 0 spiro atoms. The maximum Gasteiger partial charge on any atom is 0.221 e. The summed E-state index contributed by atoms with van der Waals surface area (Å²) in [4.78, 5) is 8.06. The smallest absolute Gasteiger partial charge is 0.221 e. The molecule has 0 aliphatic heterocycles. The van der Waals surface area contributed by atoms with Crippen LogP contribution in [0.3, 0.4) is 0 Å². The molecule has 14 heavy (non-hydrogen) atoms. The number of aryl methyl sites for hydroxylation is 1. The minimum absolute atomic E-state index is 0.289. The van der Waals surface area contributed by atoms with Crippen molar-refractivity contribution in [3.63, 3.8) is 0 Å². The van der Waals surface area contributed by atoms with Gasteiger partial charge in [0.1, 0.15) is 10.5 Å². The fraction of sp³-hybridized carbons (Fsp3) is 0.143. The Morgan fingerprint density at radius 1 is 1.43 bits per heavy atom. The molecule has 0 atom stereocenters. The van der Waals surface area contributed by atoms with Gasteiger partial charge in [0.25, 0.3) is 0 Å². The first-order valence-corrected chi connectivity index (χ1v) is 5.49. The molecule has 0 aromatic carbocycles. The van der Waals surface area contributed by atoms with E-state index in [9.17, 15) is 0 Å². The predicted octanol–water partition coefficient (Wildman–Crippen LogP) is 1.37. The third kappa shape index (κ3) is 2.18. The van der Waals surface area contributed by atoms with Crippen molar-refractivity contribution in [3.8, 4) is 0 Å². The molecule has 2 aromatic heterocycles. The van der Waals surface area contributed by atoms with Crippen LogP contribution in [0.5, 0.6) is 0 Å². The summed E-state index contributed by atoms with van der Waals surface area (Å²) in [5.41, 5.74) is 8.05. The zero-order valence-electron chi connectivity index (χ0n) is 7.34. The van der Waals surface area contributed by atoms with Crippen molar-refractivity contribution in [2.24, 2.45) is 0 Å². The van der Waals surface area contributed by atoms with Crippen molar-refractivity contribution in [2.45, 2.75) is 16.3 Å². The Morgan fingerprint density at radius 3 is 2.93 bits per heavy atom. The van der Waals surface area contributed by atoms with Gasteiger partial charge >= 0.3 is 0 Å². The number of rotatable bonds is 2.